The molecule has 0 bridgehead atoms. The van der Waals surface area contributed by atoms with Gasteiger partial charge in [-0.1, -0.05) is 30.3 Å². The molecule has 1 saturated heterocycles. The Labute approximate surface area is 187 Å². The molecule has 1 fully saturated rings. The fourth-order valence-electron chi connectivity index (χ4n) is 4.02. The molecular weight excluding hydrogens is 430 g/mol. The maximum absolute atomic E-state index is 12.7. The highest BCUT2D eigenvalue weighted by Gasteiger charge is 2.35. The second-order valence-electron chi connectivity index (χ2n) is 7.96. The topological polar surface area (TPSA) is 96.3 Å². The molecule has 1 unspecified atom stereocenters. The van der Waals surface area contributed by atoms with Crippen LogP contribution in [0.5, 0.6) is 0 Å². The lowest BCUT2D eigenvalue weighted by molar-refractivity contribution is -0.159. The predicted molar refractivity (Wildman–Crippen MR) is 120 cm³/mol. The highest BCUT2D eigenvalue weighted by atomic mass is 32.2. The van der Waals surface area contributed by atoms with Crippen molar-refractivity contribution in [2.45, 2.75) is 30.8 Å². The number of likely N-dealkylation sites (tertiary alicyclic amines) is 1. The molecule has 1 atom stereocenters. The van der Waals surface area contributed by atoms with E-state index in [9.17, 15) is 18.0 Å². The molecule has 2 aromatic carbocycles. The van der Waals surface area contributed by atoms with Gasteiger partial charge in [0, 0.05) is 31.4 Å². The third-order valence-corrected chi connectivity index (χ3v) is 7.18. The summed E-state index contributed by atoms with van der Waals surface area (Å²) in [5.41, 5.74) is 1.32. The molecule has 4 rings (SSSR count). The summed E-state index contributed by atoms with van der Waals surface area (Å²) in [6.45, 7) is 2.53. The number of fused-ring (bicyclic) bond motifs is 1. The lowest BCUT2D eigenvalue weighted by atomic mass is 9.96. The summed E-state index contributed by atoms with van der Waals surface area (Å²) < 4.78 is 34.0. The van der Waals surface area contributed by atoms with Crippen molar-refractivity contribution < 1.29 is 22.7 Å². The van der Waals surface area contributed by atoms with E-state index in [1.165, 1.54) is 4.90 Å². The van der Waals surface area contributed by atoms with Gasteiger partial charge in [-0.25, -0.2) is 0 Å². The van der Waals surface area contributed by atoms with Crippen LogP contribution in [0.2, 0.25) is 0 Å². The first-order valence-corrected chi connectivity index (χ1v) is 11.9. The Hall–Kier alpha value is -3.20. The molecule has 0 N–H and O–H groups in total. The molecule has 2 aromatic rings. The van der Waals surface area contributed by atoms with Crippen molar-refractivity contribution in [1.82, 2.24) is 4.90 Å². The minimum absolute atomic E-state index is 0.214. The Bertz CT molecular complexity index is 1160. The third-order valence-electron chi connectivity index (χ3n) is 5.86. The van der Waals surface area contributed by atoms with E-state index in [2.05, 4.69) is 4.40 Å². The first kappa shape index (κ1) is 22.0. The van der Waals surface area contributed by atoms with E-state index in [0.29, 0.717) is 37.3 Å². The van der Waals surface area contributed by atoms with Crippen molar-refractivity contribution in [1.29, 1.82) is 0 Å². The van der Waals surface area contributed by atoms with E-state index in [1.54, 1.807) is 38.2 Å². The molecular formula is C23H25N3O5S. The van der Waals surface area contributed by atoms with Crippen molar-refractivity contribution in [3.8, 4) is 0 Å². The summed E-state index contributed by atoms with van der Waals surface area (Å²) in [6, 6.07) is 15.9. The smallest absolute Gasteiger partial charge is 0.309 e. The molecule has 1 amide bonds. The summed E-state index contributed by atoms with van der Waals surface area (Å²) >= 11 is 0. The van der Waals surface area contributed by atoms with Gasteiger partial charge in [0.2, 0.25) is 0 Å². The number of anilines is 1. The molecule has 0 aromatic heterocycles. The first-order chi connectivity index (χ1) is 15.3. The number of sulfonamides is 1. The van der Waals surface area contributed by atoms with E-state index < -0.39 is 22.1 Å². The fraction of sp³-hybridized carbons (Fsp3) is 0.348. The summed E-state index contributed by atoms with van der Waals surface area (Å²) in [4.78, 5) is 28.9. The average molecular weight is 456 g/mol. The zero-order valence-corrected chi connectivity index (χ0v) is 18.8. The Kier molecular flexibility index (Phi) is 6.01. The van der Waals surface area contributed by atoms with Crippen molar-refractivity contribution >= 4 is 33.4 Å². The lowest BCUT2D eigenvalue weighted by Gasteiger charge is -2.32. The maximum Gasteiger partial charge on any atom is 0.309 e. The van der Waals surface area contributed by atoms with Crippen LogP contribution in [0.3, 0.4) is 0 Å². The normalized spacial score (nSPS) is 18.4. The van der Waals surface area contributed by atoms with Gasteiger partial charge in [0.15, 0.2) is 11.9 Å². The number of amides is 1. The summed E-state index contributed by atoms with van der Waals surface area (Å²) in [5, 5.41) is 0. The molecule has 168 valence electrons. The van der Waals surface area contributed by atoms with E-state index in [-0.39, 0.29) is 16.7 Å². The fourth-order valence-corrected chi connectivity index (χ4v) is 5.24. The monoisotopic (exact) mass is 455 g/mol. The maximum atomic E-state index is 12.7. The van der Waals surface area contributed by atoms with Crippen molar-refractivity contribution in [2.75, 3.05) is 25.0 Å². The second kappa shape index (κ2) is 8.74. The molecule has 2 aliphatic heterocycles. The Morgan fingerprint density at radius 2 is 1.69 bits per heavy atom. The molecule has 0 aliphatic carbocycles. The van der Waals surface area contributed by atoms with E-state index in [1.807, 2.05) is 35.2 Å². The summed E-state index contributed by atoms with van der Waals surface area (Å²) in [7, 11) is -2.03. The zero-order chi connectivity index (χ0) is 22.9. The van der Waals surface area contributed by atoms with E-state index in [0.717, 1.165) is 5.69 Å². The zero-order valence-electron chi connectivity index (χ0n) is 18.0. The minimum atomic E-state index is -3.68. The number of ether oxygens (including phenoxy) is 1. The van der Waals surface area contributed by atoms with Gasteiger partial charge in [-0.2, -0.15) is 8.42 Å². The van der Waals surface area contributed by atoms with Crippen LogP contribution >= 0.6 is 0 Å². The molecule has 2 heterocycles. The third kappa shape index (κ3) is 4.25. The molecule has 8 nitrogen and oxygen atoms in total. The molecule has 32 heavy (non-hydrogen) atoms. The number of likely N-dealkylation sites (N-methyl/N-ethyl adjacent to an activating group) is 1. The number of esters is 1. The van der Waals surface area contributed by atoms with Crippen molar-refractivity contribution in [3.63, 3.8) is 0 Å². The number of carbonyl (C=O) groups excluding carboxylic acids is 2. The lowest BCUT2D eigenvalue weighted by Crippen LogP contribution is -2.42. The number of hydrogen-bond acceptors (Lipinski definition) is 6. The number of amidine groups is 1. The Morgan fingerprint density at radius 1 is 1.06 bits per heavy atom. The number of rotatable bonds is 4. The molecule has 9 heteroatoms. The minimum Gasteiger partial charge on any atom is -0.452 e. The number of nitrogens with zero attached hydrogens (tertiary/aromatic N) is 3. The Balaban J connectivity index is 1.35. The van der Waals surface area contributed by atoms with Crippen LogP contribution in [0.15, 0.2) is 63.9 Å². The first-order valence-electron chi connectivity index (χ1n) is 10.5. The van der Waals surface area contributed by atoms with Crippen molar-refractivity contribution in [2.24, 2.45) is 10.3 Å². The number of para-hydroxylation sites is 1. The van der Waals surface area contributed by atoms with Gasteiger partial charge < -0.3 is 14.5 Å². The number of benzene rings is 2. The van der Waals surface area contributed by atoms with Gasteiger partial charge in [-0.3, -0.25) is 9.59 Å². The van der Waals surface area contributed by atoms with Crippen LogP contribution in [0.25, 0.3) is 0 Å². The summed E-state index contributed by atoms with van der Waals surface area (Å²) in [6.07, 6.45) is 0.0901. The molecule has 0 saturated carbocycles. The van der Waals surface area contributed by atoms with Crippen molar-refractivity contribution in [3.05, 3.63) is 60.2 Å². The summed E-state index contributed by atoms with van der Waals surface area (Å²) in [5.74, 6) is -0.629. The molecule has 0 radical (unpaired) electrons. The van der Waals surface area contributed by atoms with E-state index >= 15 is 0 Å². The van der Waals surface area contributed by atoms with Crippen LogP contribution in [0, 0.1) is 5.92 Å². The highest BCUT2D eigenvalue weighted by molar-refractivity contribution is 7.90. The van der Waals surface area contributed by atoms with Crippen LogP contribution in [0.4, 0.5) is 5.69 Å². The van der Waals surface area contributed by atoms with Crippen LogP contribution in [-0.4, -0.2) is 57.3 Å². The van der Waals surface area contributed by atoms with Crippen LogP contribution in [0.1, 0.15) is 25.3 Å². The largest absolute Gasteiger partial charge is 0.452 e. The van der Waals surface area contributed by atoms with Gasteiger partial charge in [0.25, 0.3) is 15.9 Å². The predicted octanol–water partition coefficient (Wildman–Crippen LogP) is 2.44. The SMILES string of the molecule is CC(OC(=O)C1CCN(C2=NS(=O)(=O)c3ccccc32)CC1)C(=O)N(C)c1ccccc1. The second-order valence-corrected chi connectivity index (χ2v) is 9.53. The highest BCUT2D eigenvalue weighted by Crippen LogP contribution is 2.30. The number of hydrogen-bond donors (Lipinski definition) is 0. The van der Waals surface area contributed by atoms with Crippen LogP contribution < -0.4 is 4.90 Å². The quantitative estimate of drug-likeness (QED) is 0.657. The standard InChI is InChI=1S/C23H25N3O5S/c1-16(22(27)25(2)18-8-4-3-5-9-18)31-23(28)17-12-14-26(15-13-17)21-19-10-6-7-11-20(19)32(29,30)24-21/h3-11,16-17H,12-15H2,1-2H3. The van der Waals surface area contributed by atoms with Gasteiger partial charge in [-0.15, -0.1) is 4.40 Å². The average Bonchev–Trinajstić information content (AvgIpc) is 3.09. The Morgan fingerprint density at radius 3 is 2.38 bits per heavy atom. The van der Waals surface area contributed by atoms with Gasteiger partial charge in [0.05, 0.1) is 5.92 Å². The van der Waals surface area contributed by atoms with Gasteiger partial charge >= 0.3 is 5.97 Å². The number of carbonyl (C=O) groups is 2. The van der Waals surface area contributed by atoms with Gasteiger partial charge in [-0.05, 0) is 44.0 Å². The molecule has 0 spiro atoms. The van der Waals surface area contributed by atoms with Crippen LogP contribution in [-0.2, 0) is 24.3 Å². The molecule has 2 aliphatic rings. The van der Waals surface area contributed by atoms with Gasteiger partial charge in [0.1, 0.15) is 4.90 Å². The number of piperidine rings is 1. The van der Waals surface area contributed by atoms with E-state index in [4.69, 9.17) is 4.74 Å².